The molecule has 1 N–H and O–H groups in total. The Hall–Kier alpha value is -1.36. The van der Waals surface area contributed by atoms with Crippen LogP contribution in [0.1, 0.15) is 13.8 Å². The van der Waals surface area contributed by atoms with Crippen LogP contribution < -0.4 is 5.32 Å². The van der Waals surface area contributed by atoms with Crippen LogP contribution in [-0.2, 0) is 19.1 Å². The zero-order chi connectivity index (χ0) is 11.8. The molecular formula is C10H17NO4. The van der Waals surface area contributed by atoms with Crippen LogP contribution in [-0.4, -0.2) is 38.2 Å². The first kappa shape index (κ1) is 13.6. The second-order valence-corrected chi connectivity index (χ2v) is 2.96. The van der Waals surface area contributed by atoms with Crippen molar-refractivity contribution in [3.05, 3.63) is 12.2 Å². The Morgan fingerprint density at radius 3 is 2.47 bits per heavy atom. The molecule has 0 aromatic rings. The van der Waals surface area contributed by atoms with Crippen molar-refractivity contribution in [1.82, 2.24) is 5.32 Å². The number of amides is 1. The van der Waals surface area contributed by atoms with E-state index in [1.165, 1.54) is 7.11 Å². The van der Waals surface area contributed by atoms with Gasteiger partial charge in [-0.25, -0.2) is 4.79 Å². The van der Waals surface area contributed by atoms with Crippen molar-refractivity contribution >= 4 is 11.9 Å². The molecule has 15 heavy (non-hydrogen) atoms. The lowest BCUT2D eigenvalue weighted by Crippen LogP contribution is -2.39. The SMILES string of the molecule is C=C(C)C(=O)NCC(OCC)C(=O)OC. The first-order valence-electron chi connectivity index (χ1n) is 4.66. The molecule has 1 atom stereocenters. The van der Waals surface area contributed by atoms with E-state index >= 15 is 0 Å². The van der Waals surface area contributed by atoms with Gasteiger partial charge >= 0.3 is 5.97 Å². The third-order valence-corrected chi connectivity index (χ3v) is 1.67. The van der Waals surface area contributed by atoms with Gasteiger partial charge in [-0.15, -0.1) is 0 Å². The average molecular weight is 215 g/mol. The standard InChI is InChI=1S/C10H17NO4/c1-5-15-8(10(13)14-4)6-11-9(12)7(2)3/h8H,2,5-6H2,1,3-4H3,(H,11,12). The summed E-state index contributed by atoms with van der Waals surface area (Å²) in [5, 5.41) is 2.52. The van der Waals surface area contributed by atoms with Crippen LogP contribution in [0.4, 0.5) is 0 Å². The van der Waals surface area contributed by atoms with E-state index in [2.05, 4.69) is 16.6 Å². The molecule has 0 radical (unpaired) electrons. The zero-order valence-corrected chi connectivity index (χ0v) is 9.33. The van der Waals surface area contributed by atoms with Gasteiger partial charge in [-0.1, -0.05) is 6.58 Å². The van der Waals surface area contributed by atoms with Gasteiger partial charge in [0.05, 0.1) is 13.7 Å². The molecule has 1 unspecified atom stereocenters. The number of ether oxygens (including phenoxy) is 2. The summed E-state index contributed by atoms with van der Waals surface area (Å²) in [4.78, 5) is 22.3. The fourth-order valence-electron chi connectivity index (χ4n) is 0.879. The molecule has 0 saturated carbocycles. The van der Waals surface area contributed by atoms with Crippen LogP contribution in [0, 0.1) is 0 Å². The summed E-state index contributed by atoms with van der Waals surface area (Å²) in [5.74, 6) is -0.803. The summed E-state index contributed by atoms with van der Waals surface area (Å²) < 4.78 is 9.63. The minimum absolute atomic E-state index is 0.0895. The Labute approximate surface area is 89.4 Å². The second kappa shape index (κ2) is 7.00. The Balaban J connectivity index is 4.12. The summed E-state index contributed by atoms with van der Waals surface area (Å²) in [5.41, 5.74) is 0.384. The smallest absolute Gasteiger partial charge is 0.336 e. The highest BCUT2D eigenvalue weighted by Crippen LogP contribution is 1.95. The largest absolute Gasteiger partial charge is 0.467 e. The van der Waals surface area contributed by atoms with Crippen LogP contribution in [0.3, 0.4) is 0 Å². The van der Waals surface area contributed by atoms with Crippen LogP contribution in [0.25, 0.3) is 0 Å². The van der Waals surface area contributed by atoms with Crippen molar-refractivity contribution in [2.75, 3.05) is 20.3 Å². The van der Waals surface area contributed by atoms with Crippen LogP contribution in [0.15, 0.2) is 12.2 Å². The Morgan fingerprint density at radius 2 is 2.07 bits per heavy atom. The van der Waals surface area contributed by atoms with Gasteiger partial charge in [0.25, 0.3) is 0 Å². The minimum Gasteiger partial charge on any atom is -0.467 e. The number of carbonyl (C=O) groups is 2. The van der Waals surface area contributed by atoms with E-state index in [0.717, 1.165) is 0 Å². The Bertz CT molecular complexity index is 250. The second-order valence-electron chi connectivity index (χ2n) is 2.96. The van der Waals surface area contributed by atoms with Gasteiger partial charge in [-0.3, -0.25) is 4.79 Å². The van der Waals surface area contributed by atoms with Crippen LogP contribution in [0.5, 0.6) is 0 Å². The van der Waals surface area contributed by atoms with Crippen molar-refractivity contribution in [2.45, 2.75) is 20.0 Å². The molecule has 0 spiro atoms. The number of nitrogens with one attached hydrogen (secondary N) is 1. The molecule has 0 aromatic heterocycles. The molecule has 0 aliphatic rings. The maximum atomic E-state index is 11.2. The summed E-state index contributed by atoms with van der Waals surface area (Å²) in [6, 6.07) is 0. The van der Waals surface area contributed by atoms with Gasteiger partial charge in [0.15, 0.2) is 6.10 Å². The predicted octanol–water partition coefficient (Wildman–Crippen LogP) is 0.257. The molecule has 0 heterocycles. The summed E-state index contributed by atoms with van der Waals surface area (Å²) in [6.45, 7) is 7.29. The van der Waals surface area contributed by atoms with E-state index in [1.807, 2.05) is 0 Å². The third kappa shape index (κ3) is 5.17. The lowest BCUT2D eigenvalue weighted by atomic mass is 10.3. The highest BCUT2D eigenvalue weighted by Gasteiger charge is 2.19. The maximum absolute atomic E-state index is 11.2. The number of methoxy groups -OCH3 is 1. The van der Waals surface area contributed by atoms with Gasteiger partial charge in [-0.05, 0) is 13.8 Å². The molecule has 0 bridgehead atoms. The van der Waals surface area contributed by atoms with E-state index in [4.69, 9.17) is 4.74 Å². The number of hydrogen-bond acceptors (Lipinski definition) is 4. The Kier molecular flexibility index (Phi) is 6.37. The predicted molar refractivity (Wildman–Crippen MR) is 55.3 cm³/mol. The Morgan fingerprint density at radius 1 is 1.47 bits per heavy atom. The fraction of sp³-hybridized carbons (Fsp3) is 0.600. The lowest BCUT2D eigenvalue weighted by Gasteiger charge is -2.15. The molecule has 5 heteroatoms. The van der Waals surface area contributed by atoms with Gasteiger partial charge in [-0.2, -0.15) is 0 Å². The molecule has 0 aliphatic carbocycles. The van der Waals surface area contributed by atoms with E-state index < -0.39 is 12.1 Å². The first-order chi connectivity index (χ1) is 7.02. The molecule has 0 rings (SSSR count). The normalized spacial score (nSPS) is 11.7. The molecular weight excluding hydrogens is 198 g/mol. The first-order valence-corrected chi connectivity index (χ1v) is 4.66. The number of esters is 1. The van der Waals surface area contributed by atoms with Gasteiger partial charge in [0.1, 0.15) is 0 Å². The van der Waals surface area contributed by atoms with Gasteiger partial charge in [0.2, 0.25) is 5.91 Å². The van der Waals surface area contributed by atoms with Crippen molar-refractivity contribution in [2.24, 2.45) is 0 Å². The van der Waals surface area contributed by atoms with E-state index in [0.29, 0.717) is 12.2 Å². The van der Waals surface area contributed by atoms with Crippen LogP contribution >= 0.6 is 0 Å². The molecule has 0 aromatic carbocycles. The van der Waals surface area contributed by atoms with E-state index in [-0.39, 0.29) is 12.5 Å². The molecule has 1 amide bonds. The molecule has 86 valence electrons. The minimum atomic E-state index is -0.761. The molecule has 0 aliphatic heterocycles. The lowest BCUT2D eigenvalue weighted by molar-refractivity contribution is -0.153. The highest BCUT2D eigenvalue weighted by atomic mass is 16.6. The van der Waals surface area contributed by atoms with Crippen molar-refractivity contribution < 1.29 is 19.1 Å². The summed E-state index contributed by atoms with van der Waals surface area (Å²) >= 11 is 0. The van der Waals surface area contributed by atoms with Gasteiger partial charge in [0, 0.05) is 12.2 Å². The summed E-state index contributed by atoms with van der Waals surface area (Å²) in [6.07, 6.45) is -0.761. The molecule has 0 saturated heterocycles. The quantitative estimate of drug-likeness (QED) is 0.510. The van der Waals surface area contributed by atoms with Crippen LogP contribution in [0.2, 0.25) is 0 Å². The average Bonchev–Trinajstić information content (AvgIpc) is 2.22. The highest BCUT2D eigenvalue weighted by molar-refractivity contribution is 5.92. The van der Waals surface area contributed by atoms with E-state index in [1.54, 1.807) is 13.8 Å². The zero-order valence-electron chi connectivity index (χ0n) is 9.33. The van der Waals surface area contributed by atoms with Crippen molar-refractivity contribution in [1.29, 1.82) is 0 Å². The maximum Gasteiger partial charge on any atom is 0.336 e. The van der Waals surface area contributed by atoms with Gasteiger partial charge < -0.3 is 14.8 Å². The summed E-state index contributed by atoms with van der Waals surface area (Å²) in [7, 11) is 1.27. The van der Waals surface area contributed by atoms with E-state index in [9.17, 15) is 9.59 Å². The van der Waals surface area contributed by atoms with Crippen molar-refractivity contribution in [3.63, 3.8) is 0 Å². The monoisotopic (exact) mass is 215 g/mol. The van der Waals surface area contributed by atoms with Crippen molar-refractivity contribution in [3.8, 4) is 0 Å². The number of hydrogen-bond donors (Lipinski definition) is 1. The third-order valence-electron chi connectivity index (χ3n) is 1.67. The molecule has 5 nitrogen and oxygen atoms in total. The number of carbonyl (C=O) groups excluding carboxylic acids is 2. The fourth-order valence-corrected chi connectivity index (χ4v) is 0.879. The topological polar surface area (TPSA) is 64.6 Å². The molecule has 0 fully saturated rings. The number of rotatable bonds is 6.